The number of aromatic amines is 1. The second-order valence-electron chi connectivity index (χ2n) is 8.85. The summed E-state index contributed by atoms with van der Waals surface area (Å²) in [5.41, 5.74) is 3.53. The Morgan fingerprint density at radius 3 is 2.97 bits per heavy atom. The van der Waals surface area contributed by atoms with Gasteiger partial charge in [-0.05, 0) is 31.0 Å². The zero-order valence-corrected chi connectivity index (χ0v) is 18.3. The van der Waals surface area contributed by atoms with E-state index in [0.717, 1.165) is 52.2 Å². The van der Waals surface area contributed by atoms with Crippen LogP contribution in [0.4, 0.5) is 5.82 Å². The van der Waals surface area contributed by atoms with Crippen molar-refractivity contribution in [3.05, 3.63) is 30.6 Å². The predicted molar refractivity (Wildman–Crippen MR) is 121 cm³/mol. The zero-order valence-electron chi connectivity index (χ0n) is 18.3. The van der Waals surface area contributed by atoms with Crippen LogP contribution in [0.15, 0.2) is 30.6 Å². The quantitative estimate of drug-likeness (QED) is 0.464. The van der Waals surface area contributed by atoms with Crippen molar-refractivity contribution >= 4 is 27.9 Å². The SMILES string of the molecule is CC(C)[C@@](C)(O)[C@@H]1CN(c2nc(-c3c[nH]c4ncccc34)cc3c2nnn3C)CCN1. The third-order valence-electron chi connectivity index (χ3n) is 6.66. The summed E-state index contributed by atoms with van der Waals surface area (Å²) in [5, 5.41) is 24.2. The van der Waals surface area contributed by atoms with Gasteiger partial charge in [0.25, 0.3) is 0 Å². The van der Waals surface area contributed by atoms with Gasteiger partial charge < -0.3 is 20.3 Å². The first kappa shape index (κ1) is 19.9. The molecule has 5 rings (SSSR count). The summed E-state index contributed by atoms with van der Waals surface area (Å²) in [5.74, 6) is 0.921. The van der Waals surface area contributed by atoms with Crippen LogP contribution in [0, 0.1) is 5.92 Å². The van der Waals surface area contributed by atoms with Crippen molar-refractivity contribution in [3.8, 4) is 11.3 Å². The van der Waals surface area contributed by atoms with Gasteiger partial charge in [0.2, 0.25) is 0 Å². The Hall–Kier alpha value is -3.04. The fourth-order valence-electron chi connectivity index (χ4n) is 4.28. The largest absolute Gasteiger partial charge is 0.388 e. The summed E-state index contributed by atoms with van der Waals surface area (Å²) >= 11 is 0. The minimum absolute atomic E-state index is 0.0734. The van der Waals surface area contributed by atoms with E-state index in [-0.39, 0.29) is 12.0 Å². The number of pyridine rings is 2. The number of aromatic nitrogens is 6. The van der Waals surface area contributed by atoms with Crippen LogP contribution in [-0.2, 0) is 7.05 Å². The third kappa shape index (κ3) is 3.24. The number of hydrogen-bond acceptors (Lipinski definition) is 7. The molecule has 4 aromatic heterocycles. The number of aryl methyl sites for hydroxylation is 1. The van der Waals surface area contributed by atoms with Crippen LogP contribution in [0.3, 0.4) is 0 Å². The Morgan fingerprint density at radius 2 is 2.16 bits per heavy atom. The van der Waals surface area contributed by atoms with E-state index in [2.05, 4.69) is 30.5 Å². The van der Waals surface area contributed by atoms with Gasteiger partial charge in [0.15, 0.2) is 11.3 Å². The highest BCUT2D eigenvalue weighted by Gasteiger charge is 2.38. The van der Waals surface area contributed by atoms with Crippen molar-refractivity contribution < 1.29 is 5.11 Å². The smallest absolute Gasteiger partial charge is 0.159 e. The Morgan fingerprint density at radius 1 is 1.32 bits per heavy atom. The van der Waals surface area contributed by atoms with Crippen molar-refractivity contribution in [2.24, 2.45) is 13.0 Å². The average molecular weight is 421 g/mol. The number of piperazine rings is 1. The number of aliphatic hydroxyl groups is 1. The van der Waals surface area contributed by atoms with Crippen LogP contribution in [0.25, 0.3) is 33.3 Å². The Balaban J connectivity index is 1.62. The molecule has 0 aliphatic carbocycles. The highest BCUT2D eigenvalue weighted by molar-refractivity contribution is 5.96. The number of nitrogens with one attached hydrogen (secondary N) is 2. The lowest BCUT2D eigenvalue weighted by Crippen LogP contribution is -2.62. The predicted octanol–water partition coefficient (Wildman–Crippen LogP) is 2.09. The molecule has 0 unspecified atom stereocenters. The van der Waals surface area contributed by atoms with Crippen LogP contribution >= 0.6 is 0 Å². The van der Waals surface area contributed by atoms with E-state index >= 15 is 0 Å². The Kier molecular flexibility index (Phi) is 4.67. The Bertz CT molecular complexity index is 1240. The first-order valence-electron chi connectivity index (χ1n) is 10.7. The number of anilines is 1. The second kappa shape index (κ2) is 7.28. The highest BCUT2D eigenvalue weighted by Crippen LogP contribution is 2.33. The van der Waals surface area contributed by atoms with Crippen molar-refractivity contribution in [1.82, 2.24) is 35.3 Å². The molecule has 0 bridgehead atoms. The minimum atomic E-state index is -0.833. The van der Waals surface area contributed by atoms with E-state index in [1.54, 1.807) is 10.9 Å². The van der Waals surface area contributed by atoms with Gasteiger partial charge in [0.05, 0.1) is 22.9 Å². The summed E-state index contributed by atoms with van der Waals surface area (Å²) in [4.78, 5) is 14.9. The van der Waals surface area contributed by atoms with E-state index in [0.29, 0.717) is 6.54 Å². The number of rotatable bonds is 4. The van der Waals surface area contributed by atoms with Crippen molar-refractivity contribution in [3.63, 3.8) is 0 Å². The topological polar surface area (TPSA) is 108 Å². The molecule has 1 saturated heterocycles. The van der Waals surface area contributed by atoms with Gasteiger partial charge in [0.1, 0.15) is 5.65 Å². The van der Waals surface area contributed by atoms with Crippen molar-refractivity contribution in [1.29, 1.82) is 0 Å². The van der Waals surface area contributed by atoms with Crippen LogP contribution in [0.1, 0.15) is 20.8 Å². The third-order valence-corrected chi connectivity index (χ3v) is 6.66. The van der Waals surface area contributed by atoms with Crippen LogP contribution in [0.5, 0.6) is 0 Å². The summed E-state index contributed by atoms with van der Waals surface area (Å²) in [6.45, 7) is 8.18. The van der Waals surface area contributed by atoms with Crippen LogP contribution in [-0.4, -0.2) is 66.3 Å². The molecule has 1 aliphatic heterocycles. The van der Waals surface area contributed by atoms with Crippen LogP contribution < -0.4 is 10.2 Å². The zero-order chi connectivity index (χ0) is 21.8. The molecule has 1 aliphatic rings. The molecular formula is C22H28N8O. The van der Waals surface area contributed by atoms with Crippen LogP contribution in [0.2, 0.25) is 0 Å². The number of nitrogens with zero attached hydrogens (tertiary/aromatic N) is 6. The molecule has 0 spiro atoms. The lowest BCUT2D eigenvalue weighted by atomic mass is 9.84. The maximum atomic E-state index is 11.1. The molecule has 31 heavy (non-hydrogen) atoms. The molecular weight excluding hydrogens is 392 g/mol. The van der Waals surface area contributed by atoms with E-state index in [1.807, 2.05) is 52.2 Å². The van der Waals surface area contributed by atoms with E-state index in [4.69, 9.17) is 4.98 Å². The van der Waals surface area contributed by atoms with Crippen molar-refractivity contribution in [2.45, 2.75) is 32.4 Å². The lowest BCUT2D eigenvalue weighted by molar-refractivity contribution is -0.0231. The molecule has 0 amide bonds. The van der Waals surface area contributed by atoms with Gasteiger partial charge in [-0.15, -0.1) is 5.10 Å². The fraction of sp³-hybridized carbons (Fsp3) is 0.455. The molecule has 162 valence electrons. The molecule has 1 fully saturated rings. The Labute approximate surface area is 180 Å². The molecule has 0 aromatic carbocycles. The molecule has 3 N–H and O–H groups in total. The first-order valence-corrected chi connectivity index (χ1v) is 10.7. The summed E-state index contributed by atoms with van der Waals surface area (Å²) in [6.07, 6.45) is 3.72. The van der Waals surface area contributed by atoms with Gasteiger partial charge in [-0.25, -0.2) is 14.6 Å². The second-order valence-corrected chi connectivity index (χ2v) is 8.85. The van der Waals surface area contributed by atoms with Gasteiger partial charge in [0, 0.05) is 50.0 Å². The maximum Gasteiger partial charge on any atom is 0.159 e. The molecule has 0 saturated carbocycles. The molecule has 0 radical (unpaired) electrons. The van der Waals surface area contributed by atoms with E-state index < -0.39 is 5.60 Å². The number of hydrogen-bond donors (Lipinski definition) is 3. The van der Waals surface area contributed by atoms with Gasteiger partial charge in [-0.2, -0.15) is 0 Å². The van der Waals surface area contributed by atoms with Gasteiger partial charge in [-0.1, -0.05) is 19.1 Å². The standard InChI is InChI=1S/C22H28N8O/c1-13(2)22(3,31)18-12-30(9-8-23-18)21-19-17(29(4)28-27-19)10-16(26-21)15-11-25-20-14(15)6-5-7-24-20/h5-7,10-11,13,18,23,31H,8-9,12H2,1-4H3,(H,24,25)/t18-,22+/m0/s1. The first-order chi connectivity index (χ1) is 14.9. The lowest BCUT2D eigenvalue weighted by Gasteiger charge is -2.43. The van der Waals surface area contributed by atoms with Gasteiger partial charge >= 0.3 is 0 Å². The molecule has 9 nitrogen and oxygen atoms in total. The van der Waals surface area contributed by atoms with E-state index in [1.165, 1.54) is 0 Å². The summed E-state index contributed by atoms with van der Waals surface area (Å²) in [7, 11) is 1.89. The fourth-order valence-corrected chi connectivity index (χ4v) is 4.28. The molecule has 5 heterocycles. The van der Waals surface area contributed by atoms with E-state index in [9.17, 15) is 5.11 Å². The molecule has 9 heteroatoms. The number of H-pyrrole nitrogens is 1. The summed E-state index contributed by atoms with van der Waals surface area (Å²) in [6, 6.07) is 5.93. The molecule has 2 atom stereocenters. The van der Waals surface area contributed by atoms with Gasteiger partial charge in [-0.3, -0.25) is 0 Å². The molecule has 4 aromatic rings. The summed E-state index contributed by atoms with van der Waals surface area (Å²) < 4.78 is 1.78. The van der Waals surface area contributed by atoms with Crippen molar-refractivity contribution in [2.75, 3.05) is 24.5 Å². The highest BCUT2D eigenvalue weighted by atomic mass is 16.3. The monoisotopic (exact) mass is 420 g/mol. The minimum Gasteiger partial charge on any atom is -0.388 e. The number of fused-ring (bicyclic) bond motifs is 2. The normalized spacial score (nSPS) is 19.4. The maximum absolute atomic E-state index is 11.1. The average Bonchev–Trinajstić information content (AvgIpc) is 3.37.